The summed E-state index contributed by atoms with van der Waals surface area (Å²) in [5.41, 5.74) is 3.14. The predicted octanol–water partition coefficient (Wildman–Crippen LogP) is 5.48. The van der Waals surface area contributed by atoms with Crippen molar-refractivity contribution in [1.29, 1.82) is 0 Å². The molecule has 2 aromatic rings. The molecule has 0 aliphatic rings. The van der Waals surface area contributed by atoms with E-state index in [0.29, 0.717) is 22.3 Å². The lowest BCUT2D eigenvalue weighted by Crippen LogP contribution is -2.49. The average Bonchev–Trinajstić information content (AvgIpc) is 2.69. The molecular weight excluding hydrogens is 439 g/mol. The highest BCUT2D eigenvalue weighted by Crippen LogP contribution is 2.25. The van der Waals surface area contributed by atoms with Gasteiger partial charge in [0.25, 0.3) is 0 Å². The molecule has 1 N–H and O–H groups in total. The first-order valence-electron chi connectivity index (χ1n) is 9.84. The largest absolute Gasteiger partial charge is 0.352 e. The number of nitrogens with zero attached hydrogens (tertiary/aromatic N) is 1. The van der Waals surface area contributed by atoms with Gasteiger partial charge in [0, 0.05) is 18.3 Å². The number of thioether (sulfide) groups is 1. The minimum Gasteiger partial charge on any atom is -0.352 e. The van der Waals surface area contributed by atoms with E-state index < -0.39 is 6.04 Å². The quantitative estimate of drug-likeness (QED) is 0.532. The highest BCUT2D eigenvalue weighted by atomic mass is 35.5. The Kier molecular flexibility index (Phi) is 9.53. The summed E-state index contributed by atoms with van der Waals surface area (Å²) in [4.78, 5) is 27.2. The number of carbonyl (C=O) groups excluding carboxylic acids is 2. The Labute approximate surface area is 193 Å². The summed E-state index contributed by atoms with van der Waals surface area (Å²) in [5.74, 6) is 0.672. The normalized spacial score (nSPS) is 12.0. The molecule has 0 aliphatic heterocycles. The summed E-state index contributed by atoms with van der Waals surface area (Å²) in [6, 6.07) is 12.9. The predicted molar refractivity (Wildman–Crippen MR) is 127 cm³/mol. The summed E-state index contributed by atoms with van der Waals surface area (Å²) in [5, 5.41) is 3.91. The molecule has 7 heteroatoms. The van der Waals surface area contributed by atoms with Gasteiger partial charge in [0.2, 0.25) is 11.8 Å². The molecule has 0 unspecified atom stereocenters. The molecule has 0 radical (unpaired) electrons. The van der Waals surface area contributed by atoms with Gasteiger partial charge in [-0.25, -0.2) is 0 Å². The molecule has 2 rings (SSSR count). The maximum absolute atomic E-state index is 13.0. The van der Waals surface area contributed by atoms with Crippen molar-refractivity contribution in [2.75, 3.05) is 5.75 Å². The number of hydrogen-bond acceptors (Lipinski definition) is 3. The third-order valence-corrected chi connectivity index (χ3v) is 6.28. The number of nitrogens with one attached hydrogen (secondary N) is 1. The maximum Gasteiger partial charge on any atom is 0.242 e. The topological polar surface area (TPSA) is 49.4 Å². The second-order valence-electron chi connectivity index (χ2n) is 7.59. The molecule has 1 atom stereocenters. The molecule has 0 spiro atoms. The Hall–Kier alpha value is -1.69. The van der Waals surface area contributed by atoms with Crippen LogP contribution in [0.3, 0.4) is 0 Å². The van der Waals surface area contributed by atoms with Gasteiger partial charge in [0.1, 0.15) is 6.04 Å². The summed E-state index contributed by atoms with van der Waals surface area (Å²) in [6.07, 6.45) is 0. The van der Waals surface area contributed by atoms with Gasteiger partial charge in [-0.15, -0.1) is 11.8 Å². The molecular formula is C23H28Cl2N2O2S. The smallest absolute Gasteiger partial charge is 0.242 e. The van der Waals surface area contributed by atoms with Crippen LogP contribution in [0.25, 0.3) is 0 Å². The second-order valence-corrected chi connectivity index (χ2v) is 9.39. The first-order chi connectivity index (χ1) is 14.2. The van der Waals surface area contributed by atoms with Crippen molar-refractivity contribution in [2.24, 2.45) is 0 Å². The Morgan fingerprint density at radius 1 is 1.00 bits per heavy atom. The van der Waals surface area contributed by atoms with Gasteiger partial charge >= 0.3 is 0 Å². The molecule has 30 heavy (non-hydrogen) atoms. The number of benzene rings is 2. The molecule has 0 saturated heterocycles. The summed E-state index contributed by atoms with van der Waals surface area (Å²) in [6.45, 7) is 7.99. The number of hydrogen-bond donors (Lipinski definition) is 1. The van der Waals surface area contributed by atoms with Crippen LogP contribution in [-0.4, -0.2) is 34.6 Å². The zero-order valence-corrected chi connectivity index (χ0v) is 20.1. The van der Waals surface area contributed by atoms with Gasteiger partial charge in [-0.2, -0.15) is 0 Å². The van der Waals surface area contributed by atoms with E-state index in [-0.39, 0.29) is 23.6 Å². The minimum absolute atomic E-state index is 0.0142. The Morgan fingerprint density at radius 2 is 1.63 bits per heavy atom. The lowest BCUT2D eigenvalue weighted by atomic mass is 10.1. The fraction of sp³-hybridized carbons (Fsp3) is 0.391. The van der Waals surface area contributed by atoms with Gasteiger partial charge in [-0.1, -0.05) is 59.1 Å². The monoisotopic (exact) mass is 466 g/mol. The van der Waals surface area contributed by atoms with Crippen molar-refractivity contribution in [3.63, 3.8) is 0 Å². The average molecular weight is 467 g/mol. The third-order valence-electron chi connectivity index (χ3n) is 4.55. The third kappa shape index (κ3) is 7.53. The van der Waals surface area contributed by atoms with Crippen molar-refractivity contribution in [2.45, 2.75) is 52.1 Å². The van der Waals surface area contributed by atoms with Crippen molar-refractivity contribution in [3.05, 3.63) is 69.2 Å². The number of carbonyl (C=O) groups is 2. The van der Waals surface area contributed by atoms with Crippen LogP contribution >= 0.6 is 35.0 Å². The minimum atomic E-state index is -0.563. The summed E-state index contributed by atoms with van der Waals surface area (Å²) in [7, 11) is 0. The molecule has 0 aromatic heterocycles. The van der Waals surface area contributed by atoms with Gasteiger partial charge in [-0.3, -0.25) is 9.59 Å². The molecule has 2 amide bonds. The number of halogens is 2. The summed E-state index contributed by atoms with van der Waals surface area (Å²) < 4.78 is 0. The van der Waals surface area contributed by atoms with Crippen molar-refractivity contribution < 1.29 is 9.59 Å². The highest BCUT2D eigenvalue weighted by molar-refractivity contribution is 7.99. The van der Waals surface area contributed by atoms with Crippen molar-refractivity contribution in [3.8, 4) is 0 Å². The van der Waals surface area contributed by atoms with Crippen LogP contribution in [-0.2, 0) is 21.9 Å². The fourth-order valence-corrected chi connectivity index (χ4v) is 4.02. The van der Waals surface area contributed by atoms with Gasteiger partial charge < -0.3 is 10.2 Å². The molecule has 0 fully saturated rings. The van der Waals surface area contributed by atoms with E-state index in [1.165, 1.54) is 11.8 Å². The zero-order chi connectivity index (χ0) is 22.3. The number of amides is 2. The van der Waals surface area contributed by atoms with Crippen LogP contribution in [0, 0.1) is 6.92 Å². The Bertz CT molecular complexity index is 872. The van der Waals surface area contributed by atoms with Crippen molar-refractivity contribution in [1.82, 2.24) is 10.2 Å². The Balaban J connectivity index is 2.07. The molecule has 0 aliphatic carbocycles. The van der Waals surface area contributed by atoms with Crippen LogP contribution in [0.4, 0.5) is 0 Å². The van der Waals surface area contributed by atoms with Crippen LogP contribution in [0.2, 0.25) is 10.0 Å². The second kappa shape index (κ2) is 11.6. The number of aryl methyl sites for hydroxylation is 1. The van der Waals surface area contributed by atoms with Crippen molar-refractivity contribution >= 4 is 46.8 Å². The summed E-state index contributed by atoms with van der Waals surface area (Å²) >= 11 is 13.5. The molecule has 0 heterocycles. The lowest BCUT2D eigenvalue weighted by Gasteiger charge is -2.29. The van der Waals surface area contributed by atoms with Gasteiger partial charge in [0.05, 0.1) is 15.8 Å². The molecule has 4 nitrogen and oxygen atoms in total. The van der Waals surface area contributed by atoms with E-state index >= 15 is 0 Å². The maximum atomic E-state index is 13.0. The van der Waals surface area contributed by atoms with E-state index in [4.69, 9.17) is 23.2 Å². The SMILES string of the molecule is Cc1ccc(CN(C(=O)CSCc2ccc(Cl)c(Cl)c2)[C@@H](C)C(=O)NC(C)C)cc1. The first kappa shape index (κ1) is 24.6. The standard InChI is InChI=1S/C23H28Cl2N2O2S/c1-15(2)26-23(29)17(4)27(12-18-7-5-16(3)6-8-18)22(28)14-30-13-19-9-10-20(24)21(25)11-19/h5-11,15,17H,12-14H2,1-4H3,(H,26,29)/t17-/m0/s1. The molecule has 0 saturated carbocycles. The van der Waals surface area contributed by atoms with Crippen LogP contribution in [0.1, 0.15) is 37.5 Å². The van der Waals surface area contributed by atoms with E-state index in [9.17, 15) is 9.59 Å². The highest BCUT2D eigenvalue weighted by Gasteiger charge is 2.26. The van der Waals surface area contributed by atoms with E-state index in [1.54, 1.807) is 17.9 Å². The lowest BCUT2D eigenvalue weighted by molar-refractivity contribution is -0.138. The molecule has 2 aromatic carbocycles. The Morgan fingerprint density at radius 3 is 2.23 bits per heavy atom. The molecule has 162 valence electrons. The van der Waals surface area contributed by atoms with Gasteiger partial charge in [-0.05, 0) is 51.0 Å². The van der Waals surface area contributed by atoms with Crippen LogP contribution < -0.4 is 5.32 Å². The van der Waals surface area contributed by atoms with E-state index in [0.717, 1.165) is 16.7 Å². The molecule has 0 bridgehead atoms. The fourth-order valence-electron chi connectivity index (χ4n) is 2.85. The first-order valence-corrected chi connectivity index (χ1v) is 11.8. The zero-order valence-electron chi connectivity index (χ0n) is 17.7. The van der Waals surface area contributed by atoms with E-state index in [1.807, 2.05) is 57.2 Å². The van der Waals surface area contributed by atoms with Crippen LogP contribution in [0.15, 0.2) is 42.5 Å². The van der Waals surface area contributed by atoms with Gasteiger partial charge in [0.15, 0.2) is 0 Å². The van der Waals surface area contributed by atoms with Crippen LogP contribution in [0.5, 0.6) is 0 Å². The number of rotatable bonds is 9. The van der Waals surface area contributed by atoms with E-state index in [2.05, 4.69) is 5.32 Å².